The first kappa shape index (κ1) is 17.9. The molecule has 5 atom stereocenters. The Hall–Kier alpha value is -1.52. The minimum absolute atomic E-state index is 0.00668. The van der Waals surface area contributed by atoms with Crippen LogP contribution in [0.2, 0.25) is 0 Å². The fourth-order valence-corrected chi connectivity index (χ4v) is 6.10. The summed E-state index contributed by atoms with van der Waals surface area (Å²) in [5, 5.41) is 2.98. The average molecular weight is 359 g/mol. The quantitative estimate of drug-likeness (QED) is 0.837. The van der Waals surface area contributed by atoms with Gasteiger partial charge in [0.05, 0.1) is 0 Å². The monoisotopic (exact) mass is 359 g/mol. The zero-order valence-electron chi connectivity index (χ0n) is 15.8. The van der Waals surface area contributed by atoms with Crippen molar-refractivity contribution in [2.75, 3.05) is 0 Å². The number of amides is 1. The van der Waals surface area contributed by atoms with E-state index in [0.29, 0.717) is 38.1 Å². The highest BCUT2D eigenvalue weighted by Gasteiger charge is 2.62. The molecule has 0 radical (unpaired) electrons. The van der Waals surface area contributed by atoms with Crippen LogP contribution in [-0.2, 0) is 19.2 Å². The number of hydrogen-bond acceptors (Lipinski definition) is 4. The molecule has 1 N–H and O–H groups in total. The van der Waals surface area contributed by atoms with Gasteiger partial charge in [-0.3, -0.25) is 19.2 Å². The maximum absolute atomic E-state index is 13.1. The topological polar surface area (TPSA) is 80.3 Å². The van der Waals surface area contributed by atoms with E-state index in [-0.39, 0.29) is 47.4 Å². The van der Waals surface area contributed by atoms with Gasteiger partial charge >= 0.3 is 0 Å². The first-order valence-corrected chi connectivity index (χ1v) is 10.1. The first-order chi connectivity index (χ1) is 12.3. The number of carbonyl (C=O) groups excluding carboxylic acids is 4. The average Bonchev–Trinajstić information content (AvgIpc) is 3.34. The van der Waals surface area contributed by atoms with E-state index in [9.17, 15) is 19.2 Å². The SMILES string of the molecule is CC12CC(=O)C3C(CCC(=O)C3(C)CCC(=O)NC3CC3)C1CCC2=O. The van der Waals surface area contributed by atoms with Crippen molar-refractivity contribution in [1.29, 1.82) is 0 Å². The van der Waals surface area contributed by atoms with E-state index in [0.717, 1.165) is 19.3 Å². The van der Waals surface area contributed by atoms with Crippen LogP contribution in [-0.4, -0.2) is 29.3 Å². The Balaban J connectivity index is 1.56. The van der Waals surface area contributed by atoms with Crippen molar-refractivity contribution in [1.82, 2.24) is 5.32 Å². The van der Waals surface area contributed by atoms with Gasteiger partial charge in [-0.1, -0.05) is 13.8 Å². The molecule has 0 saturated heterocycles. The van der Waals surface area contributed by atoms with Gasteiger partial charge in [0.25, 0.3) is 0 Å². The molecule has 5 nitrogen and oxygen atoms in total. The van der Waals surface area contributed by atoms with Crippen LogP contribution < -0.4 is 5.32 Å². The van der Waals surface area contributed by atoms with Crippen molar-refractivity contribution in [3.05, 3.63) is 0 Å². The Bertz CT molecular complexity index is 681. The molecule has 4 saturated carbocycles. The lowest BCUT2D eigenvalue weighted by Gasteiger charge is -2.52. The second kappa shape index (κ2) is 6.00. The number of fused-ring (bicyclic) bond motifs is 3. The summed E-state index contributed by atoms with van der Waals surface area (Å²) in [5.74, 6) is 0.416. The van der Waals surface area contributed by atoms with Crippen LogP contribution in [0.3, 0.4) is 0 Å². The third-order valence-electron chi connectivity index (χ3n) is 7.81. The number of Topliss-reactive ketones (excluding diaryl/α,β-unsaturated/α-hetero) is 3. The largest absolute Gasteiger partial charge is 0.353 e. The smallest absolute Gasteiger partial charge is 0.220 e. The van der Waals surface area contributed by atoms with Crippen LogP contribution in [0, 0.1) is 28.6 Å². The number of ketones is 3. The van der Waals surface area contributed by atoms with Gasteiger partial charge in [-0.15, -0.1) is 0 Å². The Kier molecular flexibility index (Phi) is 4.12. The summed E-state index contributed by atoms with van der Waals surface area (Å²) in [6.45, 7) is 3.85. The summed E-state index contributed by atoms with van der Waals surface area (Å²) in [6.07, 6.45) is 5.68. The molecule has 4 aliphatic carbocycles. The predicted octanol–water partition coefficient (Wildman–Crippen LogP) is 2.61. The maximum atomic E-state index is 13.1. The van der Waals surface area contributed by atoms with E-state index in [1.807, 2.05) is 13.8 Å². The second-order valence-electron chi connectivity index (χ2n) is 9.49. The normalized spacial score (nSPS) is 42.4. The Morgan fingerprint density at radius 2 is 1.73 bits per heavy atom. The van der Waals surface area contributed by atoms with Crippen LogP contribution in [0.1, 0.15) is 71.6 Å². The highest BCUT2D eigenvalue weighted by Crippen LogP contribution is 2.60. The molecule has 0 aliphatic heterocycles. The van der Waals surface area contributed by atoms with E-state index < -0.39 is 10.8 Å². The molecular formula is C21H29NO4. The van der Waals surface area contributed by atoms with Gasteiger partial charge in [-0.05, 0) is 43.9 Å². The minimum Gasteiger partial charge on any atom is -0.353 e. The van der Waals surface area contributed by atoms with Crippen molar-refractivity contribution in [2.45, 2.75) is 77.7 Å². The van der Waals surface area contributed by atoms with Crippen molar-refractivity contribution in [3.8, 4) is 0 Å². The van der Waals surface area contributed by atoms with E-state index in [1.165, 1.54) is 0 Å². The Morgan fingerprint density at radius 1 is 1.04 bits per heavy atom. The molecule has 5 unspecified atom stereocenters. The highest BCUT2D eigenvalue weighted by atomic mass is 16.2. The van der Waals surface area contributed by atoms with E-state index in [1.54, 1.807) is 0 Å². The zero-order valence-corrected chi connectivity index (χ0v) is 15.8. The zero-order chi connectivity index (χ0) is 18.7. The van der Waals surface area contributed by atoms with Gasteiger partial charge in [0.2, 0.25) is 5.91 Å². The van der Waals surface area contributed by atoms with Crippen molar-refractivity contribution >= 4 is 23.3 Å². The van der Waals surface area contributed by atoms with Gasteiger partial charge < -0.3 is 5.32 Å². The lowest BCUT2D eigenvalue weighted by Crippen LogP contribution is -2.56. The van der Waals surface area contributed by atoms with Crippen molar-refractivity contribution < 1.29 is 19.2 Å². The van der Waals surface area contributed by atoms with E-state index in [4.69, 9.17) is 0 Å². The summed E-state index contributed by atoms with van der Waals surface area (Å²) in [5.41, 5.74) is -1.28. The lowest BCUT2D eigenvalue weighted by atomic mass is 9.48. The lowest BCUT2D eigenvalue weighted by molar-refractivity contribution is -0.160. The second-order valence-corrected chi connectivity index (χ2v) is 9.49. The third-order valence-corrected chi connectivity index (χ3v) is 7.81. The van der Waals surface area contributed by atoms with Crippen molar-refractivity contribution in [3.63, 3.8) is 0 Å². The number of carbonyl (C=O) groups is 4. The molecular weight excluding hydrogens is 330 g/mol. The predicted molar refractivity (Wildman–Crippen MR) is 95.2 cm³/mol. The summed E-state index contributed by atoms with van der Waals surface area (Å²) in [6, 6.07) is 0.312. The van der Waals surface area contributed by atoms with Crippen LogP contribution >= 0.6 is 0 Å². The molecule has 0 aromatic carbocycles. The number of hydrogen-bond donors (Lipinski definition) is 1. The summed E-state index contributed by atoms with van der Waals surface area (Å²) >= 11 is 0. The van der Waals surface area contributed by atoms with Gasteiger partial charge in [-0.2, -0.15) is 0 Å². The standard InChI is InChI=1S/C21H29NO4/c1-20(10-9-18(26)22-12-3-4-12)16(24)7-5-13-14-6-8-17(25)21(14,2)11-15(23)19(13)20/h12-14,19H,3-11H2,1-2H3,(H,22,26). The molecule has 0 aromatic heterocycles. The third kappa shape index (κ3) is 2.66. The fraction of sp³-hybridized carbons (Fsp3) is 0.810. The summed E-state index contributed by atoms with van der Waals surface area (Å²) < 4.78 is 0. The van der Waals surface area contributed by atoms with Crippen LogP contribution in [0.15, 0.2) is 0 Å². The van der Waals surface area contributed by atoms with Crippen LogP contribution in [0.25, 0.3) is 0 Å². The maximum Gasteiger partial charge on any atom is 0.220 e. The molecule has 26 heavy (non-hydrogen) atoms. The fourth-order valence-electron chi connectivity index (χ4n) is 6.10. The van der Waals surface area contributed by atoms with Gasteiger partial charge in [0, 0.05) is 48.5 Å². The molecule has 5 heteroatoms. The summed E-state index contributed by atoms with van der Waals surface area (Å²) in [7, 11) is 0. The molecule has 142 valence electrons. The molecule has 0 heterocycles. The van der Waals surface area contributed by atoms with Gasteiger partial charge in [-0.25, -0.2) is 0 Å². The van der Waals surface area contributed by atoms with Gasteiger partial charge in [0.15, 0.2) is 0 Å². The van der Waals surface area contributed by atoms with Crippen molar-refractivity contribution in [2.24, 2.45) is 28.6 Å². The molecule has 4 rings (SSSR count). The van der Waals surface area contributed by atoms with Crippen LogP contribution in [0.5, 0.6) is 0 Å². The van der Waals surface area contributed by atoms with E-state index in [2.05, 4.69) is 5.32 Å². The summed E-state index contributed by atoms with van der Waals surface area (Å²) in [4.78, 5) is 50.5. The van der Waals surface area contributed by atoms with Gasteiger partial charge in [0.1, 0.15) is 17.3 Å². The minimum atomic E-state index is -0.756. The Morgan fingerprint density at radius 3 is 2.42 bits per heavy atom. The molecule has 0 spiro atoms. The molecule has 0 bridgehead atoms. The van der Waals surface area contributed by atoms with Crippen LogP contribution in [0.4, 0.5) is 0 Å². The molecule has 4 fully saturated rings. The first-order valence-electron chi connectivity index (χ1n) is 10.1. The van der Waals surface area contributed by atoms with E-state index >= 15 is 0 Å². The highest BCUT2D eigenvalue weighted by molar-refractivity contribution is 5.99. The Labute approximate surface area is 154 Å². The number of rotatable bonds is 4. The molecule has 4 aliphatic rings. The molecule has 0 aromatic rings. The molecule has 1 amide bonds. The number of nitrogens with one attached hydrogen (secondary N) is 1.